The Hall–Kier alpha value is -1.50. The van der Waals surface area contributed by atoms with E-state index >= 15 is 0 Å². The highest BCUT2D eigenvalue weighted by Gasteiger charge is 2.21. The molecule has 2 rings (SSSR count). The lowest BCUT2D eigenvalue weighted by molar-refractivity contribution is 0.182. The first-order valence-electron chi connectivity index (χ1n) is 5.70. The monoisotopic (exact) mass is 284 g/mol. The van der Waals surface area contributed by atoms with E-state index in [1.54, 1.807) is 11.8 Å². The van der Waals surface area contributed by atoms with Crippen molar-refractivity contribution in [3.05, 3.63) is 46.8 Å². The van der Waals surface area contributed by atoms with E-state index < -0.39 is 11.9 Å². The van der Waals surface area contributed by atoms with Crippen molar-refractivity contribution in [1.82, 2.24) is 14.8 Å². The van der Waals surface area contributed by atoms with E-state index in [2.05, 4.69) is 10.1 Å². The molecule has 102 valence electrons. The molecule has 0 saturated carbocycles. The van der Waals surface area contributed by atoms with E-state index in [4.69, 9.17) is 22.1 Å². The number of halogens is 2. The van der Waals surface area contributed by atoms with Crippen molar-refractivity contribution < 1.29 is 9.13 Å². The van der Waals surface area contributed by atoms with Gasteiger partial charge in [0.2, 0.25) is 0 Å². The van der Waals surface area contributed by atoms with E-state index in [-0.39, 0.29) is 0 Å². The van der Waals surface area contributed by atoms with Gasteiger partial charge in [-0.3, -0.25) is 9.67 Å². The van der Waals surface area contributed by atoms with Gasteiger partial charge in [0, 0.05) is 18.9 Å². The Kier molecular flexibility index (Phi) is 4.47. The molecule has 2 heterocycles. The Labute approximate surface area is 115 Å². The highest BCUT2D eigenvalue weighted by molar-refractivity contribution is 6.31. The second-order valence-electron chi connectivity index (χ2n) is 3.97. The molecule has 0 aliphatic carbocycles. The molecule has 2 aromatic heterocycles. The molecule has 19 heavy (non-hydrogen) atoms. The van der Waals surface area contributed by atoms with Crippen LogP contribution in [0.2, 0.25) is 5.02 Å². The van der Waals surface area contributed by atoms with Gasteiger partial charge in [-0.15, -0.1) is 0 Å². The summed E-state index contributed by atoms with van der Waals surface area (Å²) >= 11 is 6.08. The van der Waals surface area contributed by atoms with Crippen LogP contribution < -0.4 is 5.73 Å². The molecule has 0 aliphatic heterocycles. The van der Waals surface area contributed by atoms with Crippen molar-refractivity contribution in [2.45, 2.75) is 12.6 Å². The van der Waals surface area contributed by atoms with Crippen molar-refractivity contribution in [3.8, 4) is 0 Å². The summed E-state index contributed by atoms with van der Waals surface area (Å²) in [5.74, 6) is -0.467. The third kappa shape index (κ3) is 2.91. The first-order valence-corrected chi connectivity index (χ1v) is 6.08. The smallest absolute Gasteiger partial charge is 0.146 e. The van der Waals surface area contributed by atoms with E-state index in [1.165, 1.54) is 18.5 Å². The summed E-state index contributed by atoms with van der Waals surface area (Å²) in [5.41, 5.74) is 6.97. The molecule has 7 heteroatoms. The van der Waals surface area contributed by atoms with E-state index in [9.17, 15) is 4.39 Å². The van der Waals surface area contributed by atoms with Crippen LogP contribution in [0.1, 0.15) is 17.3 Å². The molecule has 0 aromatic carbocycles. The van der Waals surface area contributed by atoms with Crippen LogP contribution in [0.3, 0.4) is 0 Å². The van der Waals surface area contributed by atoms with Crippen molar-refractivity contribution in [1.29, 1.82) is 0 Å². The number of nitrogens with two attached hydrogens (primary N) is 1. The van der Waals surface area contributed by atoms with E-state index in [0.717, 1.165) is 6.20 Å². The van der Waals surface area contributed by atoms with E-state index in [1.807, 2.05) is 0 Å². The Balaban J connectivity index is 2.35. The third-order valence-corrected chi connectivity index (χ3v) is 3.07. The zero-order chi connectivity index (χ0) is 13.8. The third-order valence-electron chi connectivity index (χ3n) is 2.77. The highest BCUT2D eigenvalue weighted by Crippen LogP contribution is 2.27. The average Bonchev–Trinajstić information content (AvgIpc) is 2.77. The first kappa shape index (κ1) is 13.9. The molecule has 1 unspecified atom stereocenters. The second-order valence-corrected chi connectivity index (χ2v) is 4.38. The minimum atomic E-state index is -0.699. The van der Waals surface area contributed by atoms with Gasteiger partial charge in [-0.1, -0.05) is 11.6 Å². The zero-order valence-electron chi connectivity index (χ0n) is 10.4. The molecule has 1 atom stereocenters. The van der Waals surface area contributed by atoms with Gasteiger partial charge in [0.05, 0.1) is 42.3 Å². The molecule has 0 fully saturated rings. The summed E-state index contributed by atoms with van der Waals surface area (Å²) in [6, 6.07) is 0.833. The Morgan fingerprint density at radius 3 is 3.00 bits per heavy atom. The maximum atomic E-state index is 13.7. The summed E-state index contributed by atoms with van der Waals surface area (Å²) in [6.45, 7) is 0.968. The number of aromatic nitrogens is 3. The van der Waals surface area contributed by atoms with Gasteiger partial charge in [-0.2, -0.15) is 5.10 Å². The van der Waals surface area contributed by atoms with Crippen LogP contribution in [0, 0.1) is 5.82 Å². The number of hydrogen-bond donors (Lipinski definition) is 1. The van der Waals surface area contributed by atoms with Crippen LogP contribution >= 0.6 is 11.6 Å². The first-order chi connectivity index (χ1) is 9.15. The van der Waals surface area contributed by atoms with Crippen LogP contribution in [0.5, 0.6) is 0 Å². The normalized spacial score (nSPS) is 12.6. The zero-order valence-corrected chi connectivity index (χ0v) is 11.1. The standard InChI is InChI=1S/C12H14ClFN4O/c1-19-5-4-18-12(9(13)6-17-18)11(15)8-2-3-16-7-10(8)14/h2-3,6-7,11H,4-5,15H2,1H3. The molecule has 0 radical (unpaired) electrons. The van der Waals surface area contributed by atoms with Gasteiger partial charge in [0.25, 0.3) is 0 Å². The molecule has 0 spiro atoms. The summed E-state index contributed by atoms with van der Waals surface area (Å²) < 4.78 is 20.3. The number of pyridine rings is 1. The SMILES string of the molecule is COCCn1ncc(Cl)c1C(N)c1ccncc1F. The maximum Gasteiger partial charge on any atom is 0.146 e. The predicted molar refractivity (Wildman–Crippen MR) is 69.3 cm³/mol. The van der Waals surface area contributed by atoms with Gasteiger partial charge in [0.15, 0.2) is 0 Å². The fourth-order valence-electron chi connectivity index (χ4n) is 1.82. The fourth-order valence-corrected chi connectivity index (χ4v) is 2.08. The van der Waals surface area contributed by atoms with Gasteiger partial charge in [0.1, 0.15) is 5.82 Å². The Morgan fingerprint density at radius 1 is 1.53 bits per heavy atom. The lowest BCUT2D eigenvalue weighted by atomic mass is 10.1. The van der Waals surface area contributed by atoms with Crippen molar-refractivity contribution in [3.63, 3.8) is 0 Å². The van der Waals surface area contributed by atoms with Gasteiger partial charge < -0.3 is 10.5 Å². The van der Waals surface area contributed by atoms with Crippen LogP contribution in [0.4, 0.5) is 4.39 Å². The lowest BCUT2D eigenvalue weighted by Crippen LogP contribution is -2.20. The molecule has 0 amide bonds. The number of methoxy groups -OCH3 is 1. The quantitative estimate of drug-likeness (QED) is 0.909. The topological polar surface area (TPSA) is 66.0 Å². The number of rotatable bonds is 5. The van der Waals surface area contributed by atoms with Crippen LogP contribution in [-0.4, -0.2) is 28.5 Å². The predicted octanol–water partition coefficient (Wildman–Crippen LogP) is 1.77. The number of nitrogens with zero attached hydrogens (tertiary/aromatic N) is 3. The lowest BCUT2D eigenvalue weighted by Gasteiger charge is -2.15. The molecule has 2 N–H and O–H groups in total. The fraction of sp³-hybridized carbons (Fsp3) is 0.333. The van der Waals surface area contributed by atoms with Gasteiger partial charge >= 0.3 is 0 Å². The molecule has 0 saturated heterocycles. The Morgan fingerprint density at radius 2 is 2.32 bits per heavy atom. The molecule has 5 nitrogen and oxygen atoms in total. The number of hydrogen-bond acceptors (Lipinski definition) is 4. The van der Waals surface area contributed by atoms with Crippen molar-refractivity contribution in [2.24, 2.45) is 5.73 Å². The van der Waals surface area contributed by atoms with Crippen molar-refractivity contribution >= 4 is 11.6 Å². The summed E-state index contributed by atoms with van der Waals surface area (Å²) in [5, 5.41) is 4.52. The average molecular weight is 285 g/mol. The molecular weight excluding hydrogens is 271 g/mol. The summed E-state index contributed by atoms with van der Waals surface area (Å²) in [6.07, 6.45) is 4.10. The van der Waals surface area contributed by atoms with Crippen LogP contribution in [0.25, 0.3) is 0 Å². The summed E-state index contributed by atoms with van der Waals surface area (Å²) in [4.78, 5) is 3.70. The minimum absolute atomic E-state index is 0.330. The van der Waals surface area contributed by atoms with Crippen LogP contribution in [0.15, 0.2) is 24.7 Å². The largest absolute Gasteiger partial charge is 0.383 e. The molecular formula is C12H14ClFN4O. The van der Waals surface area contributed by atoms with E-state index in [0.29, 0.717) is 29.4 Å². The minimum Gasteiger partial charge on any atom is -0.383 e. The molecule has 2 aromatic rings. The number of ether oxygens (including phenoxy) is 1. The molecule has 0 bridgehead atoms. The van der Waals surface area contributed by atoms with Crippen molar-refractivity contribution in [2.75, 3.05) is 13.7 Å². The molecule has 0 aliphatic rings. The van der Waals surface area contributed by atoms with Crippen LogP contribution in [-0.2, 0) is 11.3 Å². The Bertz CT molecular complexity index is 560. The highest BCUT2D eigenvalue weighted by atomic mass is 35.5. The second kappa shape index (κ2) is 6.10. The maximum absolute atomic E-state index is 13.7. The van der Waals surface area contributed by atoms with Gasteiger partial charge in [-0.25, -0.2) is 4.39 Å². The summed E-state index contributed by atoms with van der Waals surface area (Å²) in [7, 11) is 1.59. The van der Waals surface area contributed by atoms with Gasteiger partial charge in [-0.05, 0) is 6.07 Å².